The molecule has 0 heterocycles. The van der Waals surface area contributed by atoms with Crippen LogP contribution in [0.4, 0.5) is 0 Å². The second-order valence-corrected chi connectivity index (χ2v) is 3.67. The van der Waals surface area contributed by atoms with Gasteiger partial charge in [-0.1, -0.05) is 0 Å². The third-order valence-corrected chi connectivity index (χ3v) is 1.66. The zero-order valence-electron chi connectivity index (χ0n) is 5.54. The monoisotopic (exact) mass is 245 g/mol. The Morgan fingerprint density at radius 2 is 2.36 bits per heavy atom. The van der Waals surface area contributed by atoms with Crippen molar-refractivity contribution < 1.29 is 14.5 Å². The molecule has 0 aliphatic heterocycles. The number of esters is 1. The molecule has 0 aliphatic rings. The molecule has 64 valence electrons. The first-order chi connectivity index (χ1) is 4.92. The minimum absolute atomic E-state index is 0.0484. The van der Waals surface area contributed by atoms with Crippen molar-refractivity contribution in [2.45, 2.75) is 10.8 Å². The predicted molar refractivity (Wildman–Crippen MR) is 41.1 cm³/mol. The highest BCUT2D eigenvalue weighted by atomic mass is 79.9. The van der Waals surface area contributed by atoms with Crippen LogP contribution in [0.1, 0.15) is 6.92 Å². The van der Waals surface area contributed by atoms with Crippen LogP contribution in [-0.4, -0.2) is 21.4 Å². The molecule has 0 spiro atoms. The molecule has 7 heteroatoms. The van der Waals surface area contributed by atoms with Crippen molar-refractivity contribution in [2.24, 2.45) is 0 Å². The number of alkyl halides is 2. The third-order valence-electron chi connectivity index (χ3n) is 0.750. The first-order valence-corrected chi connectivity index (χ1v) is 3.79. The molecule has 0 aromatic heterocycles. The van der Waals surface area contributed by atoms with E-state index in [-0.39, 0.29) is 6.61 Å². The second kappa shape index (κ2) is 3.87. The van der Waals surface area contributed by atoms with E-state index in [0.29, 0.717) is 0 Å². The average molecular weight is 246 g/mol. The molecule has 11 heavy (non-hydrogen) atoms. The molecule has 0 fully saturated rings. The maximum absolute atomic E-state index is 10.7. The maximum Gasteiger partial charge on any atom is 0.443 e. The van der Waals surface area contributed by atoms with Gasteiger partial charge in [-0.25, -0.2) is 4.79 Å². The lowest BCUT2D eigenvalue weighted by Gasteiger charge is -2.08. The number of nitrogens with zero attached hydrogens (tertiary/aromatic N) is 1. The molecule has 5 nitrogen and oxygen atoms in total. The van der Waals surface area contributed by atoms with Crippen LogP contribution in [0, 0.1) is 10.1 Å². The zero-order valence-corrected chi connectivity index (χ0v) is 7.89. The summed E-state index contributed by atoms with van der Waals surface area (Å²) in [4.78, 5) is 19.7. The van der Waals surface area contributed by atoms with Gasteiger partial charge < -0.3 is 4.74 Å². The molecule has 0 saturated heterocycles. The molecule has 1 atom stereocenters. The van der Waals surface area contributed by atoms with Crippen LogP contribution in [0.5, 0.6) is 0 Å². The van der Waals surface area contributed by atoms with E-state index in [1.54, 1.807) is 0 Å². The molecule has 0 aliphatic carbocycles. The number of hydrogen-bond donors (Lipinski definition) is 0. The topological polar surface area (TPSA) is 69.4 Å². The van der Waals surface area contributed by atoms with Crippen molar-refractivity contribution in [1.82, 2.24) is 0 Å². The summed E-state index contributed by atoms with van der Waals surface area (Å²) in [5.74, 6) is -1.12. The lowest BCUT2D eigenvalue weighted by molar-refractivity contribution is -0.498. The van der Waals surface area contributed by atoms with E-state index in [0.717, 1.165) is 0 Å². The Bertz CT molecular complexity index is 183. The SMILES string of the molecule is CCOC(=O)C(Cl)(Br)[N+](=O)[O-]. The molecule has 0 saturated carbocycles. The summed E-state index contributed by atoms with van der Waals surface area (Å²) < 4.78 is 1.96. The highest BCUT2D eigenvalue weighted by Gasteiger charge is 2.48. The molecule has 1 unspecified atom stereocenters. The van der Waals surface area contributed by atoms with Gasteiger partial charge in [0.25, 0.3) is 0 Å². The van der Waals surface area contributed by atoms with Gasteiger partial charge in [0.1, 0.15) is 0 Å². The van der Waals surface area contributed by atoms with Crippen LogP contribution < -0.4 is 0 Å². The van der Waals surface area contributed by atoms with Gasteiger partial charge in [-0.2, -0.15) is 0 Å². The van der Waals surface area contributed by atoms with Gasteiger partial charge in [-0.15, -0.1) is 0 Å². The highest BCUT2D eigenvalue weighted by Crippen LogP contribution is 2.25. The van der Waals surface area contributed by atoms with Gasteiger partial charge in [-0.05, 0) is 18.5 Å². The lowest BCUT2D eigenvalue weighted by Crippen LogP contribution is -2.35. The van der Waals surface area contributed by atoms with Crippen LogP contribution in [-0.2, 0) is 9.53 Å². The smallest absolute Gasteiger partial charge is 0.443 e. The first kappa shape index (κ1) is 10.6. The Labute approximate surface area is 75.9 Å². The van der Waals surface area contributed by atoms with Crippen LogP contribution in [0.3, 0.4) is 0 Å². The van der Waals surface area contributed by atoms with Crippen molar-refractivity contribution in [3.63, 3.8) is 0 Å². The quantitative estimate of drug-likeness (QED) is 0.246. The molecule has 0 aromatic rings. The van der Waals surface area contributed by atoms with E-state index in [2.05, 4.69) is 20.7 Å². The Morgan fingerprint density at radius 1 is 1.91 bits per heavy atom. The summed E-state index contributed by atoms with van der Waals surface area (Å²) in [6, 6.07) is 0. The van der Waals surface area contributed by atoms with Crippen molar-refractivity contribution in [3.8, 4) is 0 Å². The molecule has 0 radical (unpaired) electrons. The molecule has 0 rings (SSSR count). The number of nitro groups is 1. The molecular formula is C4H5BrClNO4. The van der Waals surface area contributed by atoms with Gasteiger partial charge in [0.05, 0.1) is 11.5 Å². The minimum Gasteiger partial charge on any atom is -0.459 e. The summed E-state index contributed by atoms with van der Waals surface area (Å²) in [5, 5.41) is 10.1. The van der Waals surface area contributed by atoms with Crippen LogP contribution in [0.15, 0.2) is 0 Å². The van der Waals surface area contributed by atoms with E-state index >= 15 is 0 Å². The van der Waals surface area contributed by atoms with Gasteiger partial charge in [0.15, 0.2) is 0 Å². The Kier molecular flexibility index (Phi) is 3.74. The predicted octanol–water partition coefficient (Wildman–Crippen LogP) is 1.11. The van der Waals surface area contributed by atoms with Crippen molar-refractivity contribution in [2.75, 3.05) is 6.61 Å². The van der Waals surface area contributed by atoms with Crippen molar-refractivity contribution in [3.05, 3.63) is 10.1 Å². The molecular weight excluding hydrogens is 241 g/mol. The fraction of sp³-hybridized carbons (Fsp3) is 0.750. The molecule has 0 aromatic carbocycles. The summed E-state index contributed by atoms with van der Waals surface area (Å²) >= 11 is 7.55. The summed E-state index contributed by atoms with van der Waals surface area (Å²) in [5.41, 5.74) is 0. The third kappa shape index (κ3) is 2.63. The number of hydrogen-bond acceptors (Lipinski definition) is 4. The zero-order chi connectivity index (χ0) is 9.07. The van der Waals surface area contributed by atoms with Crippen LogP contribution >= 0.6 is 27.5 Å². The van der Waals surface area contributed by atoms with Gasteiger partial charge in [0.2, 0.25) is 0 Å². The summed E-state index contributed by atoms with van der Waals surface area (Å²) in [7, 11) is 0. The molecule has 0 amide bonds. The van der Waals surface area contributed by atoms with Crippen molar-refractivity contribution in [1.29, 1.82) is 0 Å². The van der Waals surface area contributed by atoms with E-state index in [1.165, 1.54) is 6.92 Å². The number of carbonyl (C=O) groups excluding carboxylic acids is 1. The standard InChI is InChI=1S/C4H5BrClNO4/c1-2-11-3(8)4(5,6)7(9)10/h2H2,1H3. The van der Waals surface area contributed by atoms with Gasteiger partial charge in [-0.3, -0.25) is 10.1 Å². The lowest BCUT2D eigenvalue weighted by atomic mass is 10.6. The number of ether oxygens (including phenoxy) is 1. The number of rotatable bonds is 3. The Morgan fingerprint density at radius 3 is 2.64 bits per heavy atom. The Balaban J connectivity index is 4.30. The second-order valence-electron chi connectivity index (χ2n) is 1.52. The highest BCUT2D eigenvalue weighted by molar-refractivity contribution is 9.10. The number of carbonyl (C=O) groups is 1. The van der Waals surface area contributed by atoms with Crippen molar-refractivity contribution >= 4 is 33.5 Å². The van der Waals surface area contributed by atoms with Gasteiger partial charge >= 0.3 is 9.88 Å². The van der Waals surface area contributed by atoms with Crippen LogP contribution in [0.25, 0.3) is 0 Å². The van der Waals surface area contributed by atoms with Gasteiger partial charge in [0, 0.05) is 15.9 Å². The maximum atomic E-state index is 10.7. The average Bonchev–Trinajstić information content (AvgIpc) is 1.88. The van der Waals surface area contributed by atoms with E-state index < -0.39 is 14.8 Å². The van der Waals surface area contributed by atoms with E-state index in [4.69, 9.17) is 11.6 Å². The summed E-state index contributed by atoms with van der Waals surface area (Å²) in [6.07, 6.45) is 0. The fourth-order valence-corrected chi connectivity index (χ4v) is 0.461. The largest absolute Gasteiger partial charge is 0.459 e. The minimum atomic E-state index is -2.34. The molecule has 0 bridgehead atoms. The number of halogens is 2. The van der Waals surface area contributed by atoms with E-state index in [9.17, 15) is 14.9 Å². The Hall–Kier alpha value is -0.360. The van der Waals surface area contributed by atoms with E-state index in [1.807, 2.05) is 0 Å². The van der Waals surface area contributed by atoms with Crippen LogP contribution in [0.2, 0.25) is 0 Å². The molecule has 0 N–H and O–H groups in total. The first-order valence-electron chi connectivity index (χ1n) is 2.62. The fourth-order valence-electron chi connectivity index (χ4n) is 0.292. The summed E-state index contributed by atoms with van der Waals surface area (Å²) in [6.45, 7) is 1.57. The normalized spacial score (nSPS) is 15.2.